The number of hydrogen-bond donors (Lipinski definition) is 1. The maximum atomic E-state index is 10.5. The lowest BCUT2D eigenvalue weighted by molar-refractivity contribution is -0.139. The van der Waals surface area contributed by atoms with Gasteiger partial charge in [-0.05, 0) is 24.5 Å². The van der Waals surface area contributed by atoms with Crippen molar-refractivity contribution >= 4 is 5.97 Å². The summed E-state index contributed by atoms with van der Waals surface area (Å²) in [5.41, 5.74) is 0.930. The fraction of sp³-hybridized carbons (Fsp3) is 0.308. The number of phenols is 1. The number of ether oxygens (including phenoxy) is 1. The molecule has 16 heavy (non-hydrogen) atoms. The molecule has 3 nitrogen and oxygen atoms in total. The summed E-state index contributed by atoms with van der Waals surface area (Å²) in [6.45, 7) is 1.70. The highest BCUT2D eigenvalue weighted by Crippen LogP contribution is 2.17. The molecule has 0 aliphatic rings. The summed E-state index contributed by atoms with van der Waals surface area (Å²) in [6, 6.07) is 7.28. The van der Waals surface area contributed by atoms with Crippen LogP contribution in [-0.4, -0.2) is 17.7 Å². The number of aromatic hydroxyl groups is 1. The third-order valence-corrected chi connectivity index (χ3v) is 2.12. The van der Waals surface area contributed by atoms with Crippen molar-refractivity contribution < 1.29 is 14.6 Å². The Morgan fingerprint density at radius 3 is 2.81 bits per heavy atom. The fourth-order valence-electron chi connectivity index (χ4n) is 1.31. The smallest absolute Gasteiger partial charge is 0.302 e. The molecule has 1 aromatic carbocycles. The largest absolute Gasteiger partial charge is 0.508 e. The van der Waals surface area contributed by atoms with Crippen molar-refractivity contribution in [3.8, 4) is 5.75 Å². The van der Waals surface area contributed by atoms with Gasteiger partial charge in [0.05, 0.1) is 0 Å². The molecule has 3 heteroatoms. The lowest BCUT2D eigenvalue weighted by atomic mass is 10.1. The standard InChI is InChI=1S/C13H16O3/c1-11(14)16-10-6-2-3-7-12-8-4-5-9-13(12)15/h2,4-6,8-9,15H,3,7,10H2,1H3/b6-2-. The van der Waals surface area contributed by atoms with Crippen LogP contribution in [0, 0.1) is 0 Å². The van der Waals surface area contributed by atoms with Crippen LogP contribution in [0.4, 0.5) is 0 Å². The molecule has 0 radical (unpaired) electrons. The number of benzene rings is 1. The molecule has 0 saturated heterocycles. The van der Waals surface area contributed by atoms with Gasteiger partial charge in [0.2, 0.25) is 0 Å². The van der Waals surface area contributed by atoms with E-state index in [-0.39, 0.29) is 5.97 Å². The summed E-state index contributed by atoms with van der Waals surface area (Å²) in [5, 5.41) is 9.49. The molecule has 86 valence electrons. The van der Waals surface area contributed by atoms with Gasteiger partial charge in [-0.2, -0.15) is 0 Å². The number of hydrogen-bond acceptors (Lipinski definition) is 3. The summed E-state index contributed by atoms with van der Waals surface area (Å²) in [6.07, 6.45) is 5.35. The topological polar surface area (TPSA) is 46.5 Å². The van der Waals surface area contributed by atoms with E-state index >= 15 is 0 Å². The molecule has 0 atom stereocenters. The Labute approximate surface area is 95.4 Å². The molecular weight excluding hydrogens is 204 g/mol. The zero-order valence-electron chi connectivity index (χ0n) is 9.35. The van der Waals surface area contributed by atoms with Gasteiger partial charge in [0.1, 0.15) is 12.4 Å². The third-order valence-electron chi connectivity index (χ3n) is 2.12. The van der Waals surface area contributed by atoms with E-state index in [0.717, 1.165) is 18.4 Å². The van der Waals surface area contributed by atoms with E-state index < -0.39 is 0 Å². The van der Waals surface area contributed by atoms with Gasteiger partial charge >= 0.3 is 5.97 Å². The maximum absolute atomic E-state index is 10.5. The summed E-state index contributed by atoms with van der Waals surface area (Å²) < 4.78 is 4.74. The Morgan fingerprint density at radius 1 is 1.38 bits per heavy atom. The minimum Gasteiger partial charge on any atom is -0.508 e. The van der Waals surface area contributed by atoms with Crippen LogP contribution in [0.1, 0.15) is 18.9 Å². The number of para-hydroxylation sites is 1. The van der Waals surface area contributed by atoms with E-state index in [9.17, 15) is 9.90 Å². The first-order valence-electron chi connectivity index (χ1n) is 5.25. The summed E-state index contributed by atoms with van der Waals surface area (Å²) >= 11 is 0. The zero-order chi connectivity index (χ0) is 11.8. The molecule has 0 unspecified atom stereocenters. The molecule has 0 spiro atoms. The highest BCUT2D eigenvalue weighted by atomic mass is 16.5. The molecule has 0 aliphatic carbocycles. The average Bonchev–Trinajstić information content (AvgIpc) is 2.25. The van der Waals surface area contributed by atoms with Crippen LogP contribution in [0.5, 0.6) is 5.75 Å². The van der Waals surface area contributed by atoms with Gasteiger partial charge in [0, 0.05) is 6.92 Å². The van der Waals surface area contributed by atoms with E-state index in [1.54, 1.807) is 18.2 Å². The average molecular weight is 220 g/mol. The van der Waals surface area contributed by atoms with Crippen molar-refractivity contribution in [3.05, 3.63) is 42.0 Å². The van der Waals surface area contributed by atoms with E-state index in [2.05, 4.69) is 0 Å². The second-order valence-electron chi connectivity index (χ2n) is 3.44. The highest BCUT2D eigenvalue weighted by Gasteiger charge is 1.96. The minimum atomic E-state index is -0.273. The van der Waals surface area contributed by atoms with Gasteiger partial charge in [-0.25, -0.2) is 0 Å². The Hall–Kier alpha value is -1.77. The fourth-order valence-corrected chi connectivity index (χ4v) is 1.31. The van der Waals surface area contributed by atoms with E-state index in [1.807, 2.05) is 18.2 Å². The first-order chi connectivity index (χ1) is 7.70. The van der Waals surface area contributed by atoms with Crippen LogP contribution in [0.15, 0.2) is 36.4 Å². The Bertz CT molecular complexity index is 369. The molecule has 0 fully saturated rings. The molecule has 1 aromatic rings. The number of aryl methyl sites for hydroxylation is 1. The lowest BCUT2D eigenvalue weighted by Crippen LogP contribution is -1.97. The summed E-state index contributed by atoms with van der Waals surface area (Å²) in [7, 11) is 0. The Morgan fingerprint density at radius 2 is 2.12 bits per heavy atom. The van der Waals surface area contributed by atoms with E-state index in [1.165, 1.54) is 6.92 Å². The number of esters is 1. The Kier molecular flexibility index (Phi) is 5.12. The Balaban J connectivity index is 2.25. The quantitative estimate of drug-likeness (QED) is 0.612. The maximum Gasteiger partial charge on any atom is 0.302 e. The number of carbonyl (C=O) groups is 1. The molecular formula is C13H16O3. The van der Waals surface area contributed by atoms with Crippen molar-refractivity contribution in [3.63, 3.8) is 0 Å². The van der Waals surface area contributed by atoms with Gasteiger partial charge in [0.25, 0.3) is 0 Å². The number of carbonyl (C=O) groups excluding carboxylic acids is 1. The molecule has 1 N–H and O–H groups in total. The van der Waals surface area contributed by atoms with Crippen molar-refractivity contribution in [2.45, 2.75) is 19.8 Å². The van der Waals surface area contributed by atoms with Gasteiger partial charge < -0.3 is 9.84 Å². The summed E-state index contributed by atoms with van der Waals surface area (Å²) in [4.78, 5) is 10.5. The molecule has 0 saturated carbocycles. The SMILES string of the molecule is CC(=O)OC/C=C\CCc1ccccc1O. The first-order valence-corrected chi connectivity index (χ1v) is 5.25. The number of phenolic OH excluding ortho intramolecular Hbond substituents is 1. The number of allylic oxidation sites excluding steroid dienone is 1. The van der Waals surface area contributed by atoms with Gasteiger partial charge in [0.15, 0.2) is 0 Å². The number of rotatable bonds is 5. The highest BCUT2D eigenvalue weighted by molar-refractivity contribution is 5.65. The van der Waals surface area contributed by atoms with Crippen LogP contribution in [0.2, 0.25) is 0 Å². The van der Waals surface area contributed by atoms with Crippen molar-refractivity contribution in [2.24, 2.45) is 0 Å². The molecule has 0 bridgehead atoms. The second kappa shape index (κ2) is 6.67. The van der Waals surface area contributed by atoms with Gasteiger partial charge in [-0.3, -0.25) is 4.79 Å². The monoisotopic (exact) mass is 220 g/mol. The van der Waals surface area contributed by atoms with E-state index in [4.69, 9.17) is 4.74 Å². The van der Waals surface area contributed by atoms with Crippen LogP contribution < -0.4 is 0 Å². The van der Waals surface area contributed by atoms with Crippen LogP contribution >= 0.6 is 0 Å². The lowest BCUT2D eigenvalue weighted by Gasteiger charge is -2.01. The van der Waals surface area contributed by atoms with Crippen molar-refractivity contribution in [2.75, 3.05) is 6.61 Å². The molecule has 1 rings (SSSR count). The van der Waals surface area contributed by atoms with E-state index in [0.29, 0.717) is 12.4 Å². The van der Waals surface area contributed by atoms with Crippen LogP contribution in [-0.2, 0) is 16.0 Å². The minimum absolute atomic E-state index is 0.273. The molecule has 0 aliphatic heterocycles. The molecule has 0 aromatic heterocycles. The normalized spacial score (nSPS) is 10.6. The molecule has 0 amide bonds. The zero-order valence-corrected chi connectivity index (χ0v) is 9.35. The third kappa shape index (κ3) is 4.64. The molecule has 0 heterocycles. The van der Waals surface area contributed by atoms with Crippen molar-refractivity contribution in [1.82, 2.24) is 0 Å². The van der Waals surface area contributed by atoms with Crippen LogP contribution in [0.25, 0.3) is 0 Å². The van der Waals surface area contributed by atoms with Crippen LogP contribution in [0.3, 0.4) is 0 Å². The summed E-state index contributed by atoms with van der Waals surface area (Å²) in [5.74, 6) is 0.0567. The predicted molar refractivity (Wildman–Crippen MR) is 62.2 cm³/mol. The second-order valence-corrected chi connectivity index (χ2v) is 3.44. The first kappa shape index (κ1) is 12.3. The van der Waals surface area contributed by atoms with Gasteiger partial charge in [-0.15, -0.1) is 0 Å². The van der Waals surface area contributed by atoms with Gasteiger partial charge in [-0.1, -0.05) is 30.4 Å². The van der Waals surface area contributed by atoms with Crippen molar-refractivity contribution in [1.29, 1.82) is 0 Å². The predicted octanol–water partition coefficient (Wildman–Crippen LogP) is 2.44.